The summed E-state index contributed by atoms with van der Waals surface area (Å²) in [4.78, 5) is 8.10. The largest absolute Gasteiger partial charge is 0.393 e. The molecule has 5 heteroatoms. The van der Waals surface area contributed by atoms with Crippen LogP contribution in [0.3, 0.4) is 0 Å². The van der Waals surface area contributed by atoms with Crippen LogP contribution in [-0.4, -0.2) is 27.7 Å². The third-order valence-electron chi connectivity index (χ3n) is 2.57. The maximum absolute atomic E-state index is 9.42. The number of hydrogen-bond donors (Lipinski definition) is 3. The van der Waals surface area contributed by atoms with Crippen molar-refractivity contribution >= 4 is 11.6 Å². The van der Waals surface area contributed by atoms with Crippen molar-refractivity contribution in [3.63, 3.8) is 0 Å². The van der Waals surface area contributed by atoms with Crippen LogP contribution in [0.15, 0.2) is 6.33 Å². The zero-order valence-electron chi connectivity index (χ0n) is 9.90. The van der Waals surface area contributed by atoms with Crippen LogP contribution in [0.2, 0.25) is 0 Å². The lowest BCUT2D eigenvalue weighted by Crippen LogP contribution is -2.14. The molecule has 1 atom stereocenters. The monoisotopic (exact) mass is 224 g/mol. The highest BCUT2D eigenvalue weighted by Crippen LogP contribution is 2.17. The first kappa shape index (κ1) is 12.7. The number of hydrogen-bond acceptors (Lipinski definition) is 5. The molecule has 0 aliphatic carbocycles. The molecule has 5 nitrogen and oxygen atoms in total. The van der Waals surface area contributed by atoms with E-state index >= 15 is 0 Å². The van der Waals surface area contributed by atoms with E-state index in [0.717, 1.165) is 24.2 Å². The van der Waals surface area contributed by atoms with Gasteiger partial charge in [0.2, 0.25) is 0 Å². The number of aliphatic hydroxyl groups excluding tert-OH is 1. The Morgan fingerprint density at radius 2 is 2.19 bits per heavy atom. The molecule has 0 aromatic carbocycles. The number of aromatic nitrogens is 2. The molecule has 0 radical (unpaired) electrons. The zero-order chi connectivity index (χ0) is 12.0. The Kier molecular flexibility index (Phi) is 4.98. The Bertz CT molecular complexity index is 330. The summed E-state index contributed by atoms with van der Waals surface area (Å²) in [6, 6.07) is 0. The minimum absolute atomic E-state index is 0.253. The van der Waals surface area contributed by atoms with Crippen molar-refractivity contribution in [3.8, 4) is 0 Å². The second kappa shape index (κ2) is 6.27. The Hall–Kier alpha value is -1.36. The minimum atomic E-state index is -0.253. The second-order valence-corrected chi connectivity index (χ2v) is 3.72. The Balaban J connectivity index is 2.56. The Morgan fingerprint density at radius 1 is 1.44 bits per heavy atom. The zero-order valence-corrected chi connectivity index (χ0v) is 9.90. The van der Waals surface area contributed by atoms with Crippen molar-refractivity contribution in [2.24, 2.45) is 0 Å². The fourth-order valence-corrected chi connectivity index (χ4v) is 1.49. The van der Waals surface area contributed by atoms with E-state index in [0.29, 0.717) is 18.8 Å². The average molecular weight is 224 g/mol. The van der Waals surface area contributed by atoms with Crippen molar-refractivity contribution in [3.05, 3.63) is 11.9 Å². The predicted molar refractivity (Wildman–Crippen MR) is 65.2 cm³/mol. The number of aliphatic hydroxyl groups is 1. The lowest BCUT2D eigenvalue weighted by atomic mass is 10.2. The summed E-state index contributed by atoms with van der Waals surface area (Å²) in [5.41, 5.74) is 6.69. The topological polar surface area (TPSA) is 84.1 Å². The van der Waals surface area contributed by atoms with Gasteiger partial charge < -0.3 is 16.2 Å². The third-order valence-corrected chi connectivity index (χ3v) is 2.57. The van der Waals surface area contributed by atoms with Crippen LogP contribution < -0.4 is 11.1 Å². The van der Waals surface area contributed by atoms with Crippen molar-refractivity contribution in [1.82, 2.24) is 9.97 Å². The van der Waals surface area contributed by atoms with Crippen LogP contribution in [0.25, 0.3) is 0 Å². The van der Waals surface area contributed by atoms with E-state index in [1.165, 1.54) is 6.33 Å². The normalized spacial score (nSPS) is 12.4. The van der Waals surface area contributed by atoms with Gasteiger partial charge in [0.1, 0.15) is 18.0 Å². The standard InChI is InChI=1S/C11H20N4O/c1-3-8(16)5-6-13-11-9(4-2)10(12)14-7-15-11/h7-8,16H,3-6H2,1-2H3,(H3,12,13,14,15). The van der Waals surface area contributed by atoms with E-state index in [2.05, 4.69) is 15.3 Å². The van der Waals surface area contributed by atoms with E-state index < -0.39 is 0 Å². The van der Waals surface area contributed by atoms with Crippen LogP contribution in [0.4, 0.5) is 11.6 Å². The maximum atomic E-state index is 9.42. The molecule has 1 unspecified atom stereocenters. The molecule has 0 bridgehead atoms. The number of rotatable bonds is 6. The molecule has 1 heterocycles. The lowest BCUT2D eigenvalue weighted by Gasteiger charge is -2.12. The molecule has 1 rings (SSSR count). The highest BCUT2D eigenvalue weighted by molar-refractivity contribution is 5.54. The summed E-state index contributed by atoms with van der Waals surface area (Å²) in [6.45, 7) is 4.67. The first-order valence-electron chi connectivity index (χ1n) is 5.70. The van der Waals surface area contributed by atoms with Gasteiger partial charge in [-0.3, -0.25) is 0 Å². The lowest BCUT2D eigenvalue weighted by molar-refractivity contribution is 0.164. The molecule has 16 heavy (non-hydrogen) atoms. The van der Waals surface area contributed by atoms with Gasteiger partial charge in [0.25, 0.3) is 0 Å². The first-order valence-corrected chi connectivity index (χ1v) is 5.70. The minimum Gasteiger partial charge on any atom is -0.393 e. The third kappa shape index (κ3) is 3.34. The van der Waals surface area contributed by atoms with Crippen LogP contribution in [0.1, 0.15) is 32.3 Å². The number of nitrogens with zero attached hydrogens (tertiary/aromatic N) is 2. The molecule has 0 amide bonds. The van der Waals surface area contributed by atoms with Crippen LogP contribution >= 0.6 is 0 Å². The van der Waals surface area contributed by atoms with E-state index in [4.69, 9.17) is 5.73 Å². The van der Waals surface area contributed by atoms with Gasteiger partial charge in [-0.25, -0.2) is 9.97 Å². The molecule has 0 saturated heterocycles. The number of nitrogens with one attached hydrogen (secondary N) is 1. The number of nitrogen functional groups attached to an aromatic ring is 1. The molecule has 90 valence electrons. The second-order valence-electron chi connectivity index (χ2n) is 3.72. The van der Waals surface area contributed by atoms with E-state index in [9.17, 15) is 5.11 Å². The van der Waals surface area contributed by atoms with Gasteiger partial charge >= 0.3 is 0 Å². The van der Waals surface area contributed by atoms with Crippen molar-refractivity contribution in [2.45, 2.75) is 39.2 Å². The van der Waals surface area contributed by atoms with E-state index in [-0.39, 0.29) is 6.10 Å². The van der Waals surface area contributed by atoms with E-state index in [1.54, 1.807) is 0 Å². The summed E-state index contributed by atoms with van der Waals surface area (Å²) < 4.78 is 0. The van der Waals surface area contributed by atoms with Gasteiger partial charge in [-0.15, -0.1) is 0 Å². The molecule has 0 aliphatic rings. The smallest absolute Gasteiger partial charge is 0.134 e. The molecule has 0 fully saturated rings. The van der Waals surface area contributed by atoms with Crippen molar-refractivity contribution < 1.29 is 5.11 Å². The van der Waals surface area contributed by atoms with Gasteiger partial charge in [-0.1, -0.05) is 13.8 Å². The van der Waals surface area contributed by atoms with Gasteiger partial charge in [0, 0.05) is 12.1 Å². The summed E-state index contributed by atoms with van der Waals surface area (Å²) in [5.74, 6) is 1.30. The SMILES string of the molecule is CCc1c(N)ncnc1NCCC(O)CC. The molecule has 0 saturated carbocycles. The number of nitrogens with two attached hydrogens (primary N) is 1. The van der Waals surface area contributed by atoms with Crippen LogP contribution in [-0.2, 0) is 6.42 Å². The molecule has 4 N–H and O–H groups in total. The molecular weight excluding hydrogens is 204 g/mol. The van der Waals surface area contributed by atoms with Crippen molar-refractivity contribution in [2.75, 3.05) is 17.6 Å². The fraction of sp³-hybridized carbons (Fsp3) is 0.636. The van der Waals surface area contributed by atoms with Crippen LogP contribution in [0.5, 0.6) is 0 Å². The quantitative estimate of drug-likeness (QED) is 0.676. The van der Waals surface area contributed by atoms with Gasteiger partial charge in [-0.2, -0.15) is 0 Å². The predicted octanol–water partition coefficient (Wildman–Crippen LogP) is 1.19. The van der Waals surface area contributed by atoms with Crippen molar-refractivity contribution in [1.29, 1.82) is 0 Å². The summed E-state index contributed by atoms with van der Waals surface area (Å²) >= 11 is 0. The van der Waals surface area contributed by atoms with Gasteiger partial charge in [0.15, 0.2) is 0 Å². The summed E-state index contributed by atoms with van der Waals surface area (Å²) in [7, 11) is 0. The highest BCUT2D eigenvalue weighted by atomic mass is 16.3. The molecular formula is C11H20N4O. The van der Waals surface area contributed by atoms with Gasteiger partial charge in [0.05, 0.1) is 6.10 Å². The average Bonchev–Trinajstić information content (AvgIpc) is 2.29. The van der Waals surface area contributed by atoms with Gasteiger partial charge in [-0.05, 0) is 19.3 Å². The maximum Gasteiger partial charge on any atom is 0.134 e. The highest BCUT2D eigenvalue weighted by Gasteiger charge is 2.07. The number of anilines is 2. The van der Waals surface area contributed by atoms with Crippen LogP contribution in [0, 0.1) is 0 Å². The fourth-order valence-electron chi connectivity index (χ4n) is 1.49. The molecule has 1 aromatic heterocycles. The molecule has 0 spiro atoms. The first-order chi connectivity index (χ1) is 7.69. The Labute approximate surface area is 96.1 Å². The molecule has 1 aromatic rings. The van der Waals surface area contributed by atoms with E-state index in [1.807, 2.05) is 13.8 Å². The molecule has 0 aliphatic heterocycles. The Morgan fingerprint density at radius 3 is 2.81 bits per heavy atom. The summed E-state index contributed by atoms with van der Waals surface area (Å²) in [5, 5.41) is 12.6. The summed E-state index contributed by atoms with van der Waals surface area (Å²) in [6.07, 6.45) is 3.48.